The zero-order chi connectivity index (χ0) is 12.0. The molecule has 3 atom stereocenters. The lowest BCUT2D eigenvalue weighted by atomic mass is 9.77. The number of nitrogens with two attached hydrogens (primary N) is 1. The fraction of sp³-hybridized carbons (Fsp3) is 1.00. The van der Waals surface area contributed by atoms with Gasteiger partial charge in [0.1, 0.15) is 0 Å². The molecule has 0 aromatic carbocycles. The molecule has 2 heteroatoms. The summed E-state index contributed by atoms with van der Waals surface area (Å²) in [6.07, 6.45) is 6.55. The molecule has 16 heavy (non-hydrogen) atoms. The van der Waals surface area contributed by atoms with Gasteiger partial charge in [-0.25, -0.2) is 0 Å². The Kier molecular flexibility index (Phi) is 6.37. The van der Waals surface area contributed by atoms with Gasteiger partial charge in [-0.1, -0.05) is 27.2 Å². The van der Waals surface area contributed by atoms with Gasteiger partial charge < -0.3 is 10.6 Å². The molecule has 0 radical (unpaired) electrons. The van der Waals surface area contributed by atoms with E-state index in [1.165, 1.54) is 51.7 Å². The maximum absolute atomic E-state index is 6.27. The third kappa shape index (κ3) is 4.06. The van der Waals surface area contributed by atoms with E-state index in [9.17, 15) is 0 Å². The minimum absolute atomic E-state index is 0.453. The first-order valence-corrected chi connectivity index (χ1v) is 7.19. The molecule has 0 heterocycles. The number of hydrogen-bond donors (Lipinski definition) is 1. The van der Waals surface area contributed by atoms with Crippen LogP contribution in [0.4, 0.5) is 0 Å². The van der Waals surface area contributed by atoms with Crippen LogP contribution in [0.2, 0.25) is 0 Å². The largest absolute Gasteiger partial charge is 0.327 e. The highest BCUT2D eigenvalue weighted by atomic mass is 15.1. The quantitative estimate of drug-likeness (QED) is 0.754. The Morgan fingerprint density at radius 3 is 2.50 bits per heavy atom. The van der Waals surface area contributed by atoms with E-state index in [1.807, 2.05) is 0 Å². The topological polar surface area (TPSA) is 29.3 Å². The Morgan fingerprint density at radius 1 is 1.19 bits per heavy atom. The fourth-order valence-electron chi connectivity index (χ4n) is 2.99. The summed E-state index contributed by atoms with van der Waals surface area (Å²) in [5, 5.41) is 0. The van der Waals surface area contributed by atoms with E-state index in [4.69, 9.17) is 5.73 Å². The Bertz CT molecular complexity index is 182. The van der Waals surface area contributed by atoms with Crippen LogP contribution in [0.3, 0.4) is 0 Å². The lowest BCUT2D eigenvalue weighted by Gasteiger charge is -2.36. The summed E-state index contributed by atoms with van der Waals surface area (Å²) in [4.78, 5) is 2.57. The summed E-state index contributed by atoms with van der Waals surface area (Å²) in [5.74, 6) is 1.68. The average Bonchev–Trinajstić information content (AvgIpc) is 2.31. The zero-order valence-corrected chi connectivity index (χ0v) is 11.4. The van der Waals surface area contributed by atoms with Crippen LogP contribution in [0.25, 0.3) is 0 Å². The van der Waals surface area contributed by atoms with Crippen LogP contribution in [0.5, 0.6) is 0 Å². The van der Waals surface area contributed by atoms with Gasteiger partial charge in [0.15, 0.2) is 0 Å². The predicted octanol–water partition coefficient (Wildman–Crippen LogP) is 2.87. The molecule has 0 spiro atoms. The second-order valence-electron chi connectivity index (χ2n) is 5.40. The summed E-state index contributed by atoms with van der Waals surface area (Å²) in [6.45, 7) is 10.5. The molecule has 0 aliphatic heterocycles. The molecule has 0 saturated heterocycles. The highest BCUT2D eigenvalue weighted by Gasteiger charge is 2.28. The van der Waals surface area contributed by atoms with Gasteiger partial charge in [-0.3, -0.25) is 0 Å². The molecule has 96 valence electrons. The summed E-state index contributed by atoms with van der Waals surface area (Å²) in [5.41, 5.74) is 6.27. The van der Waals surface area contributed by atoms with E-state index in [1.54, 1.807) is 0 Å². The van der Waals surface area contributed by atoms with Crippen LogP contribution in [0, 0.1) is 11.8 Å². The van der Waals surface area contributed by atoms with Crippen LogP contribution in [0.15, 0.2) is 0 Å². The van der Waals surface area contributed by atoms with Crippen LogP contribution >= 0.6 is 0 Å². The lowest BCUT2D eigenvalue weighted by Crippen LogP contribution is -2.43. The van der Waals surface area contributed by atoms with Crippen molar-refractivity contribution < 1.29 is 0 Å². The third-order valence-electron chi connectivity index (χ3n) is 4.21. The minimum atomic E-state index is 0.453. The van der Waals surface area contributed by atoms with Gasteiger partial charge in [0, 0.05) is 12.6 Å². The van der Waals surface area contributed by atoms with Crippen molar-refractivity contribution in [3.63, 3.8) is 0 Å². The maximum atomic E-state index is 6.27. The molecule has 2 nitrogen and oxygen atoms in total. The molecule has 1 saturated carbocycles. The second-order valence-corrected chi connectivity index (χ2v) is 5.40. The molecule has 2 N–H and O–H groups in total. The molecule has 0 bridgehead atoms. The average molecular weight is 226 g/mol. The molecule has 0 aromatic rings. The van der Waals surface area contributed by atoms with Crippen molar-refractivity contribution in [2.45, 2.75) is 58.9 Å². The van der Waals surface area contributed by atoms with Crippen LogP contribution in [-0.2, 0) is 0 Å². The van der Waals surface area contributed by atoms with Gasteiger partial charge >= 0.3 is 0 Å². The van der Waals surface area contributed by atoms with Gasteiger partial charge in [-0.15, -0.1) is 0 Å². The molecule has 0 aromatic heterocycles. The zero-order valence-electron chi connectivity index (χ0n) is 11.4. The van der Waals surface area contributed by atoms with Gasteiger partial charge in [0.2, 0.25) is 0 Å². The van der Waals surface area contributed by atoms with Gasteiger partial charge in [0.05, 0.1) is 0 Å². The van der Waals surface area contributed by atoms with E-state index < -0.39 is 0 Å². The van der Waals surface area contributed by atoms with E-state index in [-0.39, 0.29) is 0 Å². The van der Waals surface area contributed by atoms with Crippen LogP contribution in [0.1, 0.15) is 52.9 Å². The van der Waals surface area contributed by atoms with Gasteiger partial charge in [-0.2, -0.15) is 0 Å². The van der Waals surface area contributed by atoms with Crippen molar-refractivity contribution in [3.05, 3.63) is 0 Å². The molecular formula is C14H30N2. The third-order valence-corrected chi connectivity index (χ3v) is 4.21. The normalized spacial score (nSPS) is 30.9. The van der Waals surface area contributed by atoms with Crippen molar-refractivity contribution in [3.8, 4) is 0 Å². The molecular weight excluding hydrogens is 196 g/mol. The SMILES string of the molecule is CCCN(CC)CC1CC(CC)CCC1N. The molecule has 0 amide bonds. The summed E-state index contributed by atoms with van der Waals surface area (Å²) in [7, 11) is 0. The second kappa shape index (κ2) is 7.29. The summed E-state index contributed by atoms with van der Waals surface area (Å²) in [6, 6.07) is 0.453. The standard InChI is InChI=1S/C14H30N2/c1-4-9-16(6-3)11-13-10-12(5-2)7-8-14(13)15/h12-14H,4-11,15H2,1-3H3. The van der Waals surface area contributed by atoms with E-state index in [0.29, 0.717) is 6.04 Å². The molecule has 3 unspecified atom stereocenters. The molecule has 1 rings (SSSR count). The van der Waals surface area contributed by atoms with Crippen LogP contribution in [-0.4, -0.2) is 30.6 Å². The Balaban J connectivity index is 2.42. The number of rotatable bonds is 6. The Morgan fingerprint density at radius 2 is 1.94 bits per heavy atom. The van der Waals surface area contributed by atoms with Crippen molar-refractivity contribution in [1.29, 1.82) is 0 Å². The predicted molar refractivity (Wildman–Crippen MR) is 71.5 cm³/mol. The van der Waals surface area contributed by atoms with Crippen molar-refractivity contribution in [2.24, 2.45) is 17.6 Å². The summed E-state index contributed by atoms with van der Waals surface area (Å²) < 4.78 is 0. The molecule has 1 aliphatic carbocycles. The summed E-state index contributed by atoms with van der Waals surface area (Å²) >= 11 is 0. The number of nitrogens with zero attached hydrogens (tertiary/aromatic N) is 1. The molecule has 1 aliphatic rings. The highest BCUT2D eigenvalue weighted by molar-refractivity contribution is 4.84. The Hall–Kier alpha value is -0.0800. The monoisotopic (exact) mass is 226 g/mol. The lowest BCUT2D eigenvalue weighted by molar-refractivity contribution is 0.158. The smallest absolute Gasteiger partial charge is 0.00795 e. The van der Waals surface area contributed by atoms with Crippen molar-refractivity contribution >= 4 is 0 Å². The first-order chi connectivity index (χ1) is 7.71. The van der Waals surface area contributed by atoms with Gasteiger partial charge in [0.25, 0.3) is 0 Å². The highest BCUT2D eigenvalue weighted by Crippen LogP contribution is 2.30. The Labute approximate surface area is 102 Å². The first-order valence-electron chi connectivity index (χ1n) is 7.19. The van der Waals surface area contributed by atoms with Crippen molar-refractivity contribution in [2.75, 3.05) is 19.6 Å². The van der Waals surface area contributed by atoms with E-state index in [2.05, 4.69) is 25.7 Å². The molecule has 1 fully saturated rings. The minimum Gasteiger partial charge on any atom is -0.327 e. The van der Waals surface area contributed by atoms with E-state index >= 15 is 0 Å². The fourth-order valence-corrected chi connectivity index (χ4v) is 2.99. The van der Waals surface area contributed by atoms with Crippen LogP contribution < -0.4 is 5.73 Å². The van der Waals surface area contributed by atoms with Crippen molar-refractivity contribution in [1.82, 2.24) is 4.90 Å². The van der Waals surface area contributed by atoms with Gasteiger partial charge in [-0.05, 0) is 50.6 Å². The number of hydrogen-bond acceptors (Lipinski definition) is 2. The first kappa shape index (κ1) is 14.0. The van der Waals surface area contributed by atoms with E-state index in [0.717, 1.165) is 11.8 Å². The maximum Gasteiger partial charge on any atom is 0.00795 e.